The Hall–Kier alpha value is -2.92. The number of carbonyl (C=O) groups is 2. The van der Waals surface area contributed by atoms with Crippen molar-refractivity contribution >= 4 is 12.4 Å². The molecule has 304 valence electrons. The Bertz CT molecular complexity index is 2310. The first-order valence-electron chi connectivity index (χ1n) is 18.5. The average molecular weight is 879 g/mol. The molecule has 4 aromatic carbocycles. The fourth-order valence-electron chi connectivity index (χ4n) is 6.98. The van der Waals surface area contributed by atoms with Crippen LogP contribution in [-0.4, -0.2) is 55.6 Å². The van der Waals surface area contributed by atoms with Crippen LogP contribution in [-0.2, 0) is 66.3 Å². The van der Waals surface area contributed by atoms with Crippen molar-refractivity contribution in [1.29, 1.82) is 0 Å². The first kappa shape index (κ1) is 49.7. The van der Waals surface area contributed by atoms with Crippen molar-refractivity contribution in [2.24, 2.45) is 0 Å². The van der Waals surface area contributed by atoms with E-state index in [4.69, 9.17) is 10.1 Å². The zero-order chi connectivity index (χ0) is 41.1. The van der Waals surface area contributed by atoms with E-state index in [2.05, 4.69) is 42.9 Å². The molecule has 4 heterocycles. The molecule has 17 heteroatoms. The molecule has 0 atom stereocenters. The summed E-state index contributed by atoms with van der Waals surface area (Å²) >= 11 is 0. The van der Waals surface area contributed by atoms with Gasteiger partial charge >= 0.3 is 115 Å². The number of alkyl halides is 3. The van der Waals surface area contributed by atoms with Gasteiger partial charge in [-0.25, -0.2) is 18.7 Å². The molecule has 0 aliphatic carbocycles. The molecule has 0 bridgehead atoms. The monoisotopic (exact) mass is 878 g/mol. The molecule has 60 heavy (non-hydrogen) atoms. The Morgan fingerprint density at radius 3 is 1.72 bits per heavy atom. The van der Waals surface area contributed by atoms with Gasteiger partial charge in [0.2, 0.25) is 0 Å². The largest absolute Gasteiger partial charge is 1.00 e. The molecule has 1 N–H and O–H groups in total. The number of nitrogens with one attached hydrogen (secondary N) is 1. The van der Waals surface area contributed by atoms with Crippen LogP contribution in [0.15, 0.2) is 110 Å². The van der Waals surface area contributed by atoms with E-state index in [9.17, 15) is 26.7 Å². The zero-order valence-corrected chi connectivity index (χ0v) is 39.5. The van der Waals surface area contributed by atoms with E-state index in [0.29, 0.717) is 19.4 Å². The fourth-order valence-corrected chi connectivity index (χ4v) is 6.98. The van der Waals surface area contributed by atoms with Crippen LogP contribution in [0.5, 0.6) is 0 Å². The first-order valence-corrected chi connectivity index (χ1v) is 18.5. The number of fused-ring (bicyclic) bond motifs is 2. The van der Waals surface area contributed by atoms with Gasteiger partial charge in [0.05, 0.1) is 36.4 Å². The minimum Gasteiger partial charge on any atom is -1.00 e. The van der Waals surface area contributed by atoms with Crippen molar-refractivity contribution in [3.63, 3.8) is 0 Å². The molecule has 2 aliphatic rings. The third-order valence-corrected chi connectivity index (χ3v) is 10.0. The Labute approximate surface area is 430 Å². The predicted octanol–water partition coefficient (Wildman–Crippen LogP) is 0.512. The molecule has 10 nitrogen and oxygen atoms in total. The first-order chi connectivity index (χ1) is 28.0. The van der Waals surface area contributed by atoms with Gasteiger partial charge in [-0.2, -0.15) is 13.2 Å². The second-order valence-electron chi connectivity index (χ2n) is 13.8. The number of imidazole rings is 2. The summed E-state index contributed by atoms with van der Waals surface area (Å²) in [4.78, 5) is 32.1. The van der Waals surface area contributed by atoms with E-state index in [-0.39, 0.29) is 135 Å². The second kappa shape index (κ2) is 24.1. The number of nitrogens with zero attached hydrogens (tertiary/aromatic N) is 5. The number of halogens is 5. The van der Waals surface area contributed by atoms with Gasteiger partial charge in [0, 0.05) is 43.9 Å². The van der Waals surface area contributed by atoms with E-state index in [1.807, 2.05) is 41.4 Å². The minimum atomic E-state index is -4.85. The third-order valence-electron chi connectivity index (χ3n) is 10.0. The Morgan fingerprint density at radius 1 is 0.750 bits per heavy atom. The number of carbonyl (C=O) groups excluding carboxylic acids is 2. The van der Waals surface area contributed by atoms with Crippen LogP contribution in [0.1, 0.15) is 34.8 Å². The third kappa shape index (κ3) is 13.8. The maximum atomic E-state index is 13.1. The van der Waals surface area contributed by atoms with Crippen LogP contribution in [0.3, 0.4) is 0 Å². The van der Waals surface area contributed by atoms with Crippen LogP contribution >= 0.6 is 0 Å². The number of amides is 1. The smallest absolute Gasteiger partial charge is 1.00 e. The summed E-state index contributed by atoms with van der Waals surface area (Å²) in [6.45, 7) is 3.31. The maximum absolute atomic E-state index is 13.1. The summed E-state index contributed by atoms with van der Waals surface area (Å²) in [7, 11) is 0. The summed E-state index contributed by atoms with van der Waals surface area (Å²) in [6.07, 6.45) is 5.43. The second-order valence-corrected chi connectivity index (χ2v) is 13.8. The Morgan fingerprint density at radius 2 is 1.23 bits per heavy atom. The molecule has 6 aromatic rings. The summed E-state index contributed by atoms with van der Waals surface area (Å²) < 4.78 is 68.3. The molecule has 0 spiro atoms. The molecular weight excluding hydrogens is 838 g/mol. The topological polar surface area (TPSA) is 117 Å². The zero-order valence-electron chi connectivity index (χ0n) is 34.3. The van der Waals surface area contributed by atoms with Gasteiger partial charge in [-0.05, 0) is 102 Å². The number of aromatic nitrogens is 4. The SMILES string of the molecule is Fc1ccc(CCn2cncc2-c2ccc3c(c2)CCNC3)cc1.O=C(N1CCc2cc(-c3cncn3CCc3ccc(F)cc3)ccc2C1)C(F)(F)F.O=CO[O-].[H-].[K+].[K+]. The normalized spacial score (nSPS) is 12.8. The van der Waals surface area contributed by atoms with Gasteiger partial charge < -0.3 is 30.9 Å². The van der Waals surface area contributed by atoms with Crippen LogP contribution < -0.4 is 113 Å². The molecule has 0 radical (unpaired) electrons. The maximum Gasteiger partial charge on any atom is 1.00 e. The van der Waals surface area contributed by atoms with E-state index in [0.717, 1.165) is 76.6 Å². The van der Waals surface area contributed by atoms with Gasteiger partial charge in [-0.3, -0.25) is 9.59 Å². The summed E-state index contributed by atoms with van der Waals surface area (Å²) in [5, 5.41) is 11.8. The number of aryl methyl sites for hydroxylation is 4. The summed E-state index contributed by atoms with van der Waals surface area (Å²) in [6, 6.07) is 25.3. The molecule has 8 rings (SSSR count). The van der Waals surface area contributed by atoms with Gasteiger partial charge in [0.1, 0.15) is 11.6 Å². The molecule has 0 unspecified atom stereocenters. The molecule has 2 aliphatic heterocycles. The van der Waals surface area contributed by atoms with Gasteiger partial charge in [0.25, 0.3) is 6.47 Å². The van der Waals surface area contributed by atoms with Gasteiger partial charge in [-0.1, -0.05) is 48.5 Å². The standard InChI is InChI=1S/C22H19F4N3O.C20H20FN3.CH2O3.2K.H/c23-19-5-1-15(2-6-19)7-9-29-14-27-12-20(29)17-3-4-18-13-28(10-8-16(18)11-17)21(30)22(24,25)26;21-19-5-1-15(2-6-19)8-10-24-14-23-13-20(24)17-3-4-18-12-22-9-7-16(18)11-17;2-1-4-3;;;/h1-6,11-12,14H,7-10,13H2;1-6,11,13-14,22H,7-10,12H2;1,3H;;;/q;;;2*+1;-1/p-1. The van der Waals surface area contributed by atoms with Crippen LogP contribution in [0.4, 0.5) is 22.0 Å². The van der Waals surface area contributed by atoms with Crippen LogP contribution in [0, 0.1) is 11.6 Å². The van der Waals surface area contributed by atoms with E-state index in [1.165, 1.54) is 41.0 Å². The van der Waals surface area contributed by atoms with Crippen molar-refractivity contribution < 1.29 is 146 Å². The predicted molar refractivity (Wildman–Crippen MR) is 204 cm³/mol. The molecule has 0 fully saturated rings. The van der Waals surface area contributed by atoms with Crippen LogP contribution in [0.2, 0.25) is 0 Å². The molecule has 0 saturated carbocycles. The minimum absolute atomic E-state index is 0. The van der Waals surface area contributed by atoms with Crippen molar-refractivity contribution in [3.8, 4) is 22.5 Å². The van der Waals surface area contributed by atoms with E-state index < -0.39 is 12.1 Å². The van der Waals surface area contributed by atoms with Gasteiger partial charge in [0.15, 0.2) is 0 Å². The number of hydrogen-bond donors (Lipinski definition) is 1. The molecule has 2 aromatic heterocycles. The van der Waals surface area contributed by atoms with Crippen molar-refractivity contribution in [3.05, 3.63) is 155 Å². The quantitative estimate of drug-likeness (QED) is 0.0741. The molecule has 0 saturated heterocycles. The van der Waals surface area contributed by atoms with Crippen molar-refractivity contribution in [2.75, 3.05) is 13.1 Å². The van der Waals surface area contributed by atoms with E-state index >= 15 is 0 Å². The Kier molecular flexibility index (Phi) is 20.0. The van der Waals surface area contributed by atoms with E-state index in [1.54, 1.807) is 30.7 Å². The summed E-state index contributed by atoms with van der Waals surface area (Å²) in [5.74, 6) is -2.26. The number of rotatable bonds is 9. The number of hydrogen-bond acceptors (Lipinski definition) is 7. The van der Waals surface area contributed by atoms with Crippen LogP contribution in [0.25, 0.3) is 22.5 Å². The summed E-state index contributed by atoms with van der Waals surface area (Å²) in [5.41, 5.74) is 10.8. The van der Waals surface area contributed by atoms with Crippen molar-refractivity contribution in [2.45, 2.75) is 58.0 Å². The average Bonchev–Trinajstić information content (AvgIpc) is 3.93. The molecule has 1 amide bonds. The Balaban J connectivity index is 0.000000291. The fraction of sp³-hybridized carbons (Fsp3) is 0.256. The van der Waals surface area contributed by atoms with Gasteiger partial charge in [-0.15, -0.1) is 0 Å². The van der Waals surface area contributed by atoms with Crippen molar-refractivity contribution in [1.82, 2.24) is 29.3 Å². The molecular formula is C43H41F5K2N6O4. The number of benzene rings is 4.